The van der Waals surface area contributed by atoms with Crippen LogP contribution in [0.2, 0.25) is 5.02 Å². The highest BCUT2D eigenvalue weighted by Crippen LogP contribution is 2.31. The molecular formula is C18H15ClN4O3S2. The number of benzene rings is 1. The second kappa shape index (κ2) is 7.59. The normalized spacial score (nSPS) is 14.5. The number of nitrogens with one attached hydrogen (secondary N) is 1. The first-order valence-electron chi connectivity index (χ1n) is 8.40. The van der Waals surface area contributed by atoms with Crippen molar-refractivity contribution in [3.05, 3.63) is 69.9 Å². The zero-order valence-corrected chi connectivity index (χ0v) is 16.9. The molecule has 0 spiro atoms. The molecule has 144 valence electrons. The van der Waals surface area contributed by atoms with Crippen LogP contribution in [0.1, 0.15) is 21.1 Å². The van der Waals surface area contributed by atoms with Gasteiger partial charge < -0.3 is 0 Å². The molecule has 0 saturated carbocycles. The SMILES string of the molecule is O=C(Nc1nc2c(s1)CN(S(=O)(=O)c1cccc(Cl)c1)CC2)c1ccccn1. The summed E-state index contributed by atoms with van der Waals surface area (Å²) < 4.78 is 27.2. The van der Waals surface area contributed by atoms with E-state index in [4.69, 9.17) is 11.6 Å². The van der Waals surface area contributed by atoms with Crippen LogP contribution >= 0.6 is 22.9 Å². The third-order valence-electron chi connectivity index (χ3n) is 4.25. The van der Waals surface area contributed by atoms with Gasteiger partial charge in [0.1, 0.15) is 5.69 Å². The van der Waals surface area contributed by atoms with Crippen molar-refractivity contribution in [1.29, 1.82) is 0 Å². The maximum absolute atomic E-state index is 12.9. The van der Waals surface area contributed by atoms with E-state index >= 15 is 0 Å². The van der Waals surface area contributed by atoms with E-state index in [1.54, 1.807) is 36.5 Å². The van der Waals surface area contributed by atoms with Gasteiger partial charge in [-0.2, -0.15) is 4.31 Å². The minimum atomic E-state index is -3.65. The Hall–Kier alpha value is -2.33. The highest BCUT2D eigenvalue weighted by atomic mass is 35.5. The lowest BCUT2D eigenvalue weighted by Gasteiger charge is -2.25. The summed E-state index contributed by atoms with van der Waals surface area (Å²) in [7, 11) is -3.65. The fraction of sp³-hybridized carbons (Fsp3) is 0.167. The lowest BCUT2D eigenvalue weighted by Crippen LogP contribution is -2.35. The Kier molecular flexibility index (Phi) is 5.15. The number of pyridine rings is 1. The molecule has 1 aliphatic rings. The second-order valence-corrected chi connectivity index (χ2v) is 9.56. The molecule has 7 nitrogen and oxygen atoms in total. The predicted octanol–water partition coefficient (Wildman–Crippen LogP) is 3.19. The van der Waals surface area contributed by atoms with Gasteiger partial charge in [0.05, 0.1) is 17.1 Å². The summed E-state index contributed by atoms with van der Waals surface area (Å²) in [4.78, 5) is 21.7. The van der Waals surface area contributed by atoms with E-state index in [1.165, 1.54) is 27.8 Å². The molecule has 0 fully saturated rings. The molecule has 1 aromatic carbocycles. The molecule has 0 radical (unpaired) electrons. The molecule has 2 aromatic heterocycles. The smallest absolute Gasteiger partial charge is 0.276 e. The van der Waals surface area contributed by atoms with Crippen molar-refractivity contribution >= 4 is 44.0 Å². The summed E-state index contributed by atoms with van der Waals surface area (Å²) in [5, 5.41) is 3.53. The van der Waals surface area contributed by atoms with Crippen molar-refractivity contribution in [3.8, 4) is 0 Å². The summed E-state index contributed by atoms with van der Waals surface area (Å²) >= 11 is 7.21. The molecule has 3 aromatic rings. The van der Waals surface area contributed by atoms with Gasteiger partial charge in [0, 0.05) is 29.1 Å². The molecule has 0 unspecified atom stereocenters. The molecule has 4 rings (SSSR count). The summed E-state index contributed by atoms with van der Waals surface area (Å²) in [6.07, 6.45) is 2.02. The molecule has 0 aliphatic carbocycles. The van der Waals surface area contributed by atoms with Crippen LogP contribution in [-0.4, -0.2) is 35.1 Å². The van der Waals surface area contributed by atoms with Crippen LogP contribution in [0.15, 0.2) is 53.6 Å². The Morgan fingerprint density at radius 1 is 1.21 bits per heavy atom. The van der Waals surface area contributed by atoms with Gasteiger partial charge in [-0.05, 0) is 30.3 Å². The number of hydrogen-bond donors (Lipinski definition) is 1. The van der Waals surface area contributed by atoms with Crippen LogP contribution < -0.4 is 5.32 Å². The van der Waals surface area contributed by atoms with Crippen molar-refractivity contribution in [2.24, 2.45) is 0 Å². The molecule has 1 amide bonds. The Morgan fingerprint density at radius 3 is 2.82 bits per heavy atom. The van der Waals surface area contributed by atoms with Gasteiger partial charge in [-0.1, -0.05) is 23.7 Å². The predicted molar refractivity (Wildman–Crippen MR) is 107 cm³/mol. The maximum atomic E-state index is 12.9. The fourth-order valence-electron chi connectivity index (χ4n) is 2.87. The minimum Gasteiger partial charge on any atom is -0.296 e. The number of carbonyl (C=O) groups is 1. The van der Waals surface area contributed by atoms with Crippen molar-refractivity contribution in [2.45, 2.75) is 17.9 Å². The van der Waals surface area contributed by atoms with Crippen molar-refractivity contribution < 1.29 is 13.2 Å². The molecule has 1 N–H and O–H groups in total. The largest absolute Gasteiger partial charge is 0.296 e. The van der Waals surface area contributed by atoms with E-state index in [0.717, 1.165) is 10.6 Å². The lowest BCUT2D eigenvalue weighted by atomic mass is 10.2. The number of thiazole rings is 1. The number of sulfonamides is 1. The molecule has 0 saturated heterocycles. The first kappa shape index (κ1) is 19.0. The number of fused-ring (bicyclic) bond motifs is 1. The van der Waals surface area contributed by atoms with Crippen LogP contribution in [0.3, 0.4) is 0 Å². The molecule has 0 atom stereocenters. The number of anilines is 1. The average Bonchev–Trinajstić information content (AvgIpc) is 3.10. The summed E-state index contributed by atoms with van der Waals surface area (Å²) in [6, 6.07) is 11.3. The van der Waals surface area contributed by atoms with E-state index in [1.807, 2.05) is 0 Å². The van der Waals surface area contributed by atoms with E-state index in [9.17, 15) is 13.2 Å². The number of carbonyl (C=O) groups excluding carboxylic acids is 1. The van der Waals surface area contributed by atoms with Gasteiger partial charge in [-0.15, -0.1) is 11.3 Å². The van der Waals surface area contributed by atoms with Gasteiger partial charge in [0.25, 0.3) is 5.91 Å². The zero-order valence-electron chi connectivity index (χ0n) is 14.5. The van der Waals surface area contributed by atoms with Gasteiger partial charge in [-0.25, -0.2) is 13.4 Å². The van der Waals surface area contributed by atoms with Crippen LogP contribution in [0.4, 0.5) is 5.13 Å². The number of rotatable bonds is 4. The van der Waals surface area contributed by atoms with E-state index in [0.29, 0.717) is 28.8 Å². The van der Waals surface area contributed by atoms with Gasteiger partial charge in [0.15, 0.2) is 5.13 Å². The summed E-state index contributed by atoms with van der Waals surface area (Å²) in [5.41, 5.74) is 1.10. The zero-order chi connectivity index (χ0) is 19.7. The van der Waals surface area contributed by atoms with E-state index < -0.39 is 10.0 Å². The third-order valence-corrected chi connectivity index (χ3v) is 7.32. The molecule has 0 bridgehead atoms. The highest BCUT2D eigenvalue weighted by molar-refractivity contribution is 7.89. The molecule has 10 heteroatoms. The number of halogens is 1. The molecule has 3 heterocycles. The number of nitrogens with zero attached hydrogens (tertiary/aromatic N) is 3. The van der Waals surface area contributed by atoms with Gasteiger partial charge in [-0.3, -0.25) is 15.1 Å². The lowest BCUT2D eigenvalue weighted by molar-refractivity contribution is 0.102. The maximum Gasteiger partial charge on any atom is 0.276 e. The van der Waals surface area contributed by atoms with Gasteiger partial charge in [0.2, 0.25) is 10.0 Å². The summed E-state index contributed by atoms with van der Waals surface area (Å²) in [5.74, 6) is -0.352. The van der Waals surface area contributed by atoms with E-state index in [-0.39, 0.29) is 17.3 Å². The topological polar surface area (TPSA) is 92.3 Å². The minimum absolute atomic E-state index is 0.164. The first-order chi connectivity index (χ1) is 13.4. The van der Waals surface area contributed by atoms with Gasteiger partial charge >= 0.3 is 0 Å². The van der Waals surface area contributed by atoms with E-state index in [2.05, 4.69) is 15.3 Å². The average molecular weight is 435 g/mol. The molecular weight excluding hydrogens is 420 g/mol. The Bertz CT molecular complexity index is 1130. The van der Waals surface area contributed by atoms with Crippen LogP contribution in [0.25, 0.3) is 0 Å². The van der Waals surface area contributed by atoms with Crippen LogP contribution in [0.5, 0.6) is 0 Å². The van der Waals surface area contributed by atoms with Crippen molar-refractivity contribution in [1.82, 2.24) is 14.3 Å². The quantitative estimate of drug-likeness (QED) is 0.680. The second-order valence-electron chi connectivity index (χ2n) is 6.10. The Balaban J connectivity index is 1.53. The number of amides is 1. The molecule has 1 aliphatic heterocycles. The molecule has 28 heavy (non-hydrogen) atoms. The highest BCUT2D eigenvalue weighted by Gasteiger charge is 2.30. The summed E-state index contributed by atoms with van der Waals surface area (Å²) in [6.45, 7) is 0.528. The monoisotopic (exact) mass is 434 g/mol. The van der Waals surface area contributed by atoms with Crippen LogP contribution in [-0.2, 0) is 23.0 Å². The van der Waals surface area contributed by atoms with Crippen LogP contribution in [0, 0.1) is 0 Å². The first-order valence-corrected chi connectivity index (χ1v) is 11.0. The number of hydrogen-bond acceptors (Lipinski definition) is 6. The van der Waals surface area contributed by atoms with Crippen molar-refractivity contribution in [3.63, 3.8) is 0 Å². The fourth-order valence-corrected chi connectivity index (χ4v) is 5.68. The third kappa shape index (κ3) is 3.79. The van der Waals surface area contributed by atoms with Crippen molar-refractivity contribution in [2.75, 3.05) is 11.9 Å². The number of aromatic nitrogens is 2. The standard InChI is InChI=1S/C18H15ClN4O3S2/c19-12-4-3-5-13(10-12)28(25,26)23-9-7-14-16(11-23)27-18(21-14)22-17(24)15-6-1-2-8-20-15/h1-6,8,10H,7,9,11H2,(H,21,22,24). The Labute approximate surface area is 171 Å². The Morgan fingerprint density at radius 2 is 2.07 bits per heavy atom.